The number of aromatic amines is 1. The molecular weight excluding hydrogens is 300 g/mol. The van der Waals surface area contributed by atoms with Crippen LogP contribution in [0.15, 0.2) is 30.3 Å². The number of nitrogens with one attached hydrogen (secondary N) is 1. The third-order valence-electron chi connectivity index (χ3n) is 4.08. The highest BCUT2D eigenvalue weighted by Crippen LogP contribution is 2.33. The van der Waals surface area contributed by atoms with Crippen molar-refractivity contribution in [1.29, 1.82) is 0 Å². The fourth-order valence-electron chi connectivity index (χ4n) is 2.66. The lowest BCUT2D eigenvalue weighted by Gasteiger charge is -2.12. The SMILES string of the molecule is CCCOc1ccc(-c2nc3cc(C)c(C)cc3[nH]2)cc1OCC. The van der Waals surface area contributed by atoms with E-state index in [0.717, 1.165) is 40.3 Å². The summed E-state index contributed by atoms with van der Waals surface area (Å²) < 4.78 is 11.5. The van der Waals surface area contributed by atoms with Crippen LogP contribution in [-0.4, -0.2) is 23.2 Å². The normalized spacial score (nSPS) is 11.0. The maximum atomic E-state index is 5.76. The minimum absolute atomic E-state index is 0.602. The van der Waals surface area contributed by atoms with Gasteiger partial charge in [0, 0.05) is 5.56 Å². The molecule has 4 heteroatoms. The van der Waals surface area contributed by atoms with Crippen molar-refractivity contribution in [2.45, 2.75) is 34.1 Å². The van der Waals surface area contributed by atoms with Gasteiger partial charge in [0.15, 0.2) is 11.5 Å². The van der Waals surface area contributed by atoms with Crippen LogP contribution < -0.4 is 9.47 Å². The van der Waals surface area contributed by atoms with Crippen LogP contribution in [0.5, 0.6) is 11.5 Å². The Morgan fingerprint density at radius 1 is 0.958 bits per heavy atom. The molecule has 0 fully saturated rings. The lowest BCUT2D eigenvalue weighted by atomic mass is 10.1. The van der Waals surface area contributed by atoms with Gasteiger partial charge < -0.3 is 14.5 Å². The number of imidazole rings is 1. The van der Waals surface area contributed by atoms with Gasteiger partial charge in [-0.1, -0.05) is 6.92 Å². The maximum absolute atomic E-state index is 5.76. The summed E-state index contributed by atoms with van der Waals surface area (Å²) >= 11 is 0. The predicted molar refractivity (Wildman–Crippen MR) is 98.0 cm³/mol. The van der Waals surface area contributed by atoms with Gasteiger partial charge in [-0.05, 0) is 68.7 Å². The van der Waals surface area contributed by atoms with E-state index in [4.69, 9.17) is 14.5 Å². The minimum Gasteiger partial charge on any atom is -0.490 e. The number of fused-ring (bicyclic) bond motifs is 1. The zero-order valence-electron chi connectivity index (χ0n) is 14.8. The largest absolute Gasteiger partial charge is 0.490 e. The van der Waals surface area contributed by atoms with Crippen molar-refractivity contribution in [3.63, 3.8) is 0 Å². The molecule has 0 aliphatic carbocycles. The second-order valence-corrected chi connectivity index (χ2v) is 5.98. The zero-order valence-corrected chi connectivity index (χ0v) is 14.8. The van der Waals surface area contributed by atoms with E-state index in [1.165, 1.54) is 11.1 Å². The zero-order chi connectivity index (χ0) is 17.1. The van der Waals surface area contributed by atoms with E-state index >= 15 is 0 Å². The molecule has 126 valence electrons. The van der Waals surface area contributed by atoms with Gasteiger partial charge in [-0.2, -0.15) is 0 Å². The molecule has 4 nitrogen and oxygen atoms in total. The van der Waals surface area contributed by atoms with Crippen LogP contribution in [0.4, 0.5) is 0 Å². The van der Waals surface area contributed by atoms with E-state index in [1.54, 1.807) is 0 Å². The smallest absolute Gasteiger partial charge is 0.161 e. The van der Waals surface area contributed by atoms with Crippen LogP contribution in [0.3, 0.4) is 0 Å². The molecule has 0 aliphatic rings. The van der Waals surface area contributed by atoms with E-state index < -0.39 is 0 Å². The van der Waals surface area contributed by atoms with Gasteiger partial charge in [0.05, 0.1) is 24.2 Å². The average Bonchev–Trinajstić information content (AvgIpc) is 2.97. The molecule has 0 aliphatic heterocycles. The van der Waals surface area contributed by atoms with Gasteiger partial charge in [0.1, 0.15) is 5.82 Å². The Morgan fingerprint density at radius 2 is 1.75 bits per heavy atom. The van der Waals surface area contributed by atoms with Crippen molar-refractivity contribution < 1.29 is 9.47 Å². The number of H-pyrrole nitrogens is 1. The minimum atomic E-state index is 0.602. The molecule has 24 heavy (non-hydrogen) atoms. The number of benzene rings is 2. The molecule has 3 aromatic rings. The Kier molecular flexibility index (Phi) is 4.74. The van der Waals surface area contributed by atoms with Crippen LogP contribution in [0.1, 0.15) is 31.4 Å². The first-order valence-electron chi connectivity index (χ1n) is 8.49. The van der Waals surface area contributed by atoms with Gasteiger partial charge in [0.25, 0.3) is 0 Å². The summed E-state index contributed by atoms with van der Waals surface area (Å²) in [6.07, 6.45) is 0.968. The lowest BCUT2D eigenvalue weighted by Crippen LogP contribution is -2.00. The summed E-state index contributed by atoms with van der Waals surface area (Å²) in [4.78, 5) is 8.13. The number of aryl methyl sites for hydroxylation is 2. The molecule has 0 saturated carbocycles. The summed E-state index contributed by atoms with van der Waals surface area (Å²) in [7, 11) is 0. The van der Waals surface area contributed by atoms with E-state index in [9.17, 15) is 0 Å². The molecule has 1 aromatic heterocycles. The molecule has 1 N–H and O–H groups in total. The second kappa shape index (κ2) is 6.95. The Hall–Kier alpha value is -2.49. The van der Waals surface area contributed by atoms with Crippen molar-refractivity contribution in [3.8, 4) is 22.9 Å². The van der Waals surface area contributed by atoms with Crippen LogP contribution in [-0.2, 0) is 0 Å². The standard InChI is InChI=1S/C20H24N2O2/c1-5-9-24-18-8-7-15(12-19(18)23-6-2)20-21-16-10-13(3)14(4)11-17(16)22-20/h7-8,10-12H,5-6,9H2,1-4H3,(H,21,22). The topological polar surface area (TPSA) is 47.1 Å². The molecular formula is C20H24N2O2. The molecule has 2 aromatic carbocycles. The molecule has 0 bridgehead atoms. The number of rotatable bonds is 6. The summed E-state index contributed by atoms with van der Waals surface area (Å²) in [6.45, 7) is 9.57. The van der Waals surface area contributed by atoms with Crippen molar-refractivity contribution in [3.05, 3.63) is 41.5 Å². The molecule has 1 heterocycles. The highest BCUT2D eigenvalue weighted by molar-refractivity contribution is 5.81. The van der Waals surface area contributed by atoms with Crippen LogP contribution in [0.25, 0.3) is 22.4 Å². The van der Waals surface area contributed by atoms with Gasteiger partial charge in [-0.15, -0.1) is 0 Å². The van der Waals surface area contributed by atoms with Crippen molar-refractivity contribution >= 4 is 11.0 Å². The Morgan fingerprint density at radius 3 is 2.50 bits per heavy atom. The Bertz CT molecular complexity index is 813. The maximum Gasteiger partial charge on any atom is 0.161 e. The second-order valence-electron chi connectivity index (χ2n) is 5.98. The van der Waals surface area contributed by atoms with Crippen molar-refractivity contribution in [1.82, 2.24) is 9.97 Å². The molecule has 3 rings (SSSR count). The van der Waals surface area contributed by atoms with Gasteiger partial charge in [0.2, 0.25) is 0 Å². The molecule has 0 amide bonds. The first kappa shape index (κ1) is 16.4. The quantitative estimate of drug-likeness (QED) is 0.691. The Balaban J connectivity index is 2.00. The first-order valence-corrected chi connectivity index (χ1v) is 8.49. The molecule has 0 spiro atoms. The average molecular weight is 324 g/mol. The van der Waals surface area contributed by atoms with Crippen LogP contribution >= 0.6 is 0 Å². The molecule has 0 saturated heterocycles. The van der Waals surface area contributed by atoms with E-state index in [2.05, 4.69) is 37.9 Å². The van der Waals surface area contributed by atoms with Crippen LogP contribution in [0, 0.1) is 13.8 Å². The first-order chi connectivity index (χ1) is 11.6. The third kappa shape index (κ3) is 3.23. The van der Waals surface area contributed by atoms with Crippen molar-refractivity contribution in [2.75, 3.05) is 13.2 Å². The van der Waals surface area contributed by atoms with E-state index in [-0.39, 0.29) is 0 Å². The highest BCUT2D eigenvalue weighted by Gasteiger charge is 2.11. The fraction of sp³-hybridized carbons (Fsp3) is 0.350. The predicted octanol–water partition coefficient (Wildman–Crippen LogP) is 5.03. The summed E-state index contributed by atoms with van der Waals surface area (Å²) in [5, 5.41) is 0. The van der Waals surface area contributed by atoms with E-state index in [1.807, 2.05) is 25.1 Å². The molecule has 0 atom stereocenters. The summed E-state index contributed by atoms with van der Waals surface area (Å²) in [6, 6.07) is 10.2. The Labute approximate surface area is 142 Å². The fourth-order valence-corrected chi connectivity index (χ4v) is 2.66. The summed E-state index contributed by atoms with van der Waals surface area (Å²) in [5.74, 6) is 2.39. The number of nitrogens with zero attached hydrogens (tertiary/aromatic N) is 1. The van der Waals surface area contributed by atoms with Gasteiger partial charge in [-0.25, -0.2) is 4.98 Å². The monoisotopic (exact) mass is 324 g/mol. The van der Waals surface area contributed by atoms with Crippen molar-refractivity contribution in [2.24, 2.45) is 0 Å². The highest BCUT2D eigenvalue weighted by atomic mass is 16.5. The van der Waals surface area contributed by atoms with Gasteiger partial charge >= 0.3 is 0 Å². The number of ether oxygens (including phenoxy) is 2. The summed E-state index contributed by atoms with van der Waals surface area (Å²) in [5.41, 5.74) is 5.54. The van der Waals surface area contributed by atoms with Crippen LogP contribution in [0.2, 0.25) is 0 Å². The molecule has 0 unspecified atom stereocenters. The number of aromatic nitrogens is 2. The van der Waals surface area contributed by atoms with E-state index in [0.29, 0.717) is 13.2 Å². The third-order valence-corrected chi connectivity index (χ3v) is 4.08. The molecule has 0 radical (unpaired) electrons. The lowest BCUT2D eigenvalue weighted by molar-refractivity contribution is 0.277. The number of hydrogen-bond acceptors (Lipinski definition) is 3. The van der Waals surface area contributed by atoms with Gasteiger partial charge in [-0.3, -0.25) is 0 Å². The number of hydrogen-bond donors (Lipinski definition) is 1.